The van der Waals surface area contributed by atoms with E-state index in [0.29, 0.717) is 0 Å². The molecule has 0 saturated carbocycles. The van der Waals surface area contributed by atoms with Crippen molar-refractivity contribution in [3.8, 4) is 0 Å². The van der Waals surface area contributed by atoms with E-state index in [0.717, 1.165) is 0 Å². The second-order valence-corrected chi connectivity index (χ2v) is 1.27. The quantitative estimate of drug-likeness (QED) is 0.445. The highest BCUT2D eigenvalue weighted by molar-refractivity contribution is 4.66. The minimum Gasteiger partial charge on any atom is -0.434 e. The molecule has 0 saturated heterocycles. The van der Waals surface area contributed by atoms with Gasteiger partial charge in [0.25, 0.3) is 0 Å². The average Bonchev–Trinajstić information content (AvgIpc) is 1.61. The smallest absolute Gasteiger partial charge is 0.434 e. The summed E-state index contributed by atoms with van der Waals surface area (Å²) >= 11 is 0. The van der Waals surface area contributed by atoms with Crippen LogP contribution in [-0.2, 0) is 4.74 Å². The standard InChI is InChI=1S/C4H2F5O/c1-2-10-4(8,9)3(5,6)7/h1-2H. The number of ether oxygens (including phenoxy) is 1. The maximum Gasteiger partial charge on any atom is 0.498 e. The third-order valence-electron chi connectivity index (χ3n) is 0.546. The van der Waals surface area contributed by atoms with Crippen LogP contribution in [0.5, 0.6) is 0 Å². The van der Waals surface area contributed by atoms with E-state index in [-0.39, 0.29) is 6.26 Å². The molecular weight excluding hydrogens is 159 g/mol. The van der Waals surface area contributed by atoms with Crippen LogP contribution in [0.2, 0.25) is 0 Å². The molecular formula is C4H2F5O. The summed E-state index contributed by atoms with van der Waals surface area (Å²) in [5.74, 6) is 0. The first-order valence-electron chi connectivity index (χ1n) is 1.97. The second-order valence-electron chi connectivity index (χ2n) is 1.27. The molecule has 0 N–H and O–H groups in total. The Hall–Kier alpha value is -0.810. The lowest BCUT2D eigenvalue weighted by atomic mass is 10.6. The Labute approximate surface area is 53.1 Å². The molecule has 1 nitrogen and oxygen atoms in total. The molecule has 0 aromatic heterocycles. The molecule has 0 heterocycles. The lowest BCUT2D eigenvalue weighted by molar-refractivity contribution is -0.375. The zero-order valence-electron chi connectivity index (χ0n) is 4.45. The van der Waals surface area contributed by atoms with E-state index in [1.807, 2.05) is 0 Å². The Morgan fingerprint density at radius 3 is 1.60 bits per heavy atom. The van der Waals surface area contributed by atoms with Crippen molar-refractivity contribution in [2.24, 2.45) is 0 Å². The molecule has 0 aromatic carbocycles. The molecule has 10 heavy (non-hydrogen) atoms. The van der Waals surface area contributed by atoms with Gasteiger partial charge in [-0.05, 0) is 6.58 Å². The molecule has 0 aliphatic heterocycles. The molecule has 1 radical (unpaired) electrons. The minimum atomic E-state index is -5.72. The van der Waals surface area contributed by atoms with Crippen LogP contribution in [0.1, 0.15) is 0 Å². The number of alkyl halides is 5. The van der Waals surface area contributed by atoms with E-state index in [9.17, 15) is 22.0 Å². The van der Waals surface area contributed by atoms with Gasteiger partial charge in [0, 0.05) is 0 Å². The molecule has 0 atom stereocenters. The molecule has 0 aromatic rings. The first-order chi connectivity index (χ1) is 4.31. The van der Waals surface area contributed by atoms with E-state index >= 15 is 0 Å². The molecule has 6 heteroatoms. The first-order valence-corrected chi connectivity index (χ1v) is 1.97. The van der Waals surface area contributed by atoms with Crippen molar-refractivity contribution in [3.05, 3.63) is 12.8 Å². The summed E-state index contributed by atoms with van der Waals surface area (Å²) in [6, 6.07) is 0. The highest BCUT2D eigenvalue weighted by atomic mass is 19.4. The molecule has 0 amide bonds. The number of hydrogen-bond acceptors (Lipinski definition) is 1. The van der Waals surface area contributed by atoms with Crippen LogP contribution in [-0.4, -0.2) is 12.3 Å². The first kappa shape index (κ1) is 9.19. The third kappa shape index (κ3) is 1.85. The van der Waals surface area contributed by atoms with E-state index in [1.165, 1.54) is 0 Å². The van der Waals surface area contributed by atoms with Crippen molar-refractivity contribution in [3.63, 3.8) is 0 Å². The molecule has 0 aliphatic rings. The van der Waals surface area contributed by atoms with Crippen molar-refractivity contribution in [1.82, 2.24) is 0 Å². The highest BCUT2D eigenvalue weighted by Gasteiger charge is 2.60. The number of halogens is 5. The van der Waals surface area contributed by atoms with Crippen molar-refractivity contribution in [2.45, 2.75) is 12.3 Å². The maximum absolute atomic E-state index is 11.5. The average molecular weight is 161 g/mol. The van der Waals surface area contributed by atoms with Gasteiger partial charge in [-0.15, -0.1) is 0 Å². The van der Waals surface area contributed by atoms with Crippen LogP contribution >= 0.6 is 0 Å². The van der Waals surface area contributed by atoms with Gasteiger partial charge in [-0.1, -0.05) is 0 Å². The number of rotatable bonds is 2. The van der Waals surface area contributed by atoms with E-state index in [2.05, 4.69) is 11.3 Å². The Morgan fingerprint density at radius 1 is 1.10 bits per heavy atom. The van der Waals surface area contributed by atoms with Gasteiger partial charge >= 0.3 is 12.3 Å². The predicted molar refractivity (Wildman–Crippen MR) is 21.0 cm³/mol. The van der Waals surface area contributed by atoms with Crippen molar-refractivity contribution in [2.75, 3.05) is 0 Å². The van der Waals surface area contributed by atoms with E-state index in [1.54, 1.807) is 0 Å². The van der Waals surface area contributed by atoms with Crippen LogP contribution < -0.4 is 0 Å². The minimum absolute atomic E-state index is 0.215. The zero-order valence-corrected chi connectivity index (χ0v) is 4.45. The summed E-state index contributed by atoms with van der Waals surface area (Å²) in [6.07, 6.45) is -11.1. The van der Waals surface area contributed by atoms with Gasteiger partial charge in [0.2, 0.25) is 0 Å². The largest absolute Gasteiger partial charge is 0.498 e. The fourth-order valence-corrected chi connectivity index (χ4v) is 0.152. The van der Waals surface area contributed by atoms with Crippen LogP contribution in [0.15, 0.2) is 6.26 Å². The fraction of sp³-hybridized carbons (Fsp3) is 0.500. The molecule has 0 spiro atoms. The van der Waals surface area contributed by atoms with Gasteiger partial charge in [0.05, 0.1) is 6.26 Å². The van der Waals surface area contributed by atoms with Gasteiger partial charge in [-0.3, -0.25) is 0 Å². The van der Waals surface area contributed by atoms with Crippen molar-refractivity contribution >= 4 is 0 Å². The summed E-state index contributed by atoms with van der Waals surface area (Å²) in [5, 5.41) is 0. The SMILES string of the molecule is [CH]=COC(F)(F)C(F)(F)F. The van der Waals surface area contributed by atoms with E-state index < -0.39 is 12.3 Å². The van der Waals surface area contributed by atoms with Gasteiger partial charge < -0.3 is 4.74 Å². The van der Waals surface area contributed by atoms with Gasteiger partial charge in [-0.25, -0.2) is 0 Å². The fourth-order valence-electron chi connectivity index (χ4n) is 0.152. The van der Waals surface area contributed by atoms with Gasteiger partial charge in [0.1, 0.15) is 0 Å². The Morgan fingerprint density at radius 2 is 1.50 bits per heavy atom. The summed E-state index contributed by atoms with van der Waals surface area (Å²) in [5.41, 5.74) is 0. The van der Waals surface area contributed by atoms with Gasteiger partial charge in [0.15, 0.2) is 0 Å². The predicted octanol–water partition coefficient (Wildman–Crippen LogP) is 2.10. The molecule has 0 fully saturated rings. The van der Waals surface area contributed by atoms with Crippen molar-refractivity contribution < 1.29 is 26.7 Å². The third-order valence-corrected chi connectivity index (χ3v) is 0.546. The zero-order chi connectivity index (χ0) is 8.41. The molecule has 0 rings (SSSR count). The van der Waals surface area contributed by atoms with Crippen molar-refractivity contribution in [1.29, 1.82) is 0 Å². The Kier molecular flexibility index (Phi) is 2.24. The summed E-state index contributed by atoms with van der Waals surface area (Å²) in [6.45, 7) is 4.18. The molecule has 0 bridgehead atoms. The monoisotopic (exact) mass is 161 g/mol. The van der Waals surface area contributed by atoms with E-state index in [4.69, 9.17) is 0 Å². The number of hydrogen-bond donors (Lipinski definition) is 0. The normalized spacial score (nSPS) is 12.9. The summed E-state index contributed by atoms with van der Waals surface area (Å²) in [7, 11) is 0. The molecule has 59 valence electrons. The maximum atomic E-state index is 11.5. The summed E-state index contributed by atoms with van der Waals surface area (Å²) < 4.78 is 58.9. The molecule has 0 unspecified atom stereocenters. The Bertz CT molecular complexity index is 126. The van der Waals surface area contributed by atoms with Crippen LogP contribution in [0.25, 0.3) is 0 Å². The topological polar surface area (TPSA) is 9.23 Å². The Balaban J connectivity index is 4.23. The second kappa shape index (κ2) is 2.43. The van der Waals surface area contributed by atoms with Crippen LogP contribution in [0, 0.1) is 6.58 Å². The summed E-state index contributed by atoms with van der Waals surface area (Å²) in [4.78, 5) is 0. The highest BCUT2D eigenvalue weighted by Crippen LogP contribution is 2.36. The van der Waals surface area contributed by atoms with Crippen LogP contribution in [0.4, 0.5) is 22.0 Å². The van der Waals surface area contributed by atoms with Gasteiger partial charge in [-0.2, -0.15) is 22.0 Å². The lowest BCUT2D eigenvalue weighted by Crippen LogP contribution is -2.37. The molecule has 0 aliphatic carbocycles. The van der Waals surface area contributed by atoms with Crippen LogP contribution in [0.3, 0.4) is 0 Å². The lowest BCUT2D eigenvalue weighted by Gasteiger charge is -2.16.